The first-order valence-electron chi connectivity index (χ1n) is 7.01. The number of nitrogens with two attached hydrogens (primary N) is 1. The molecule has 0 spiro atoms. The minimum atomic E-state index is -3.49. The van der Waals surface area contributed by atoms with Crippen LogP contribution in [0.1, 0.15) is 42.3 Å². The smallest absolute Gasteiger partial charge is 0.263 e. The monoisotopic (exact) mass is 331 g/mol. The first-order chi connectivity index (χ1) is 9.84. The summed E-state index contributed by atoms with van der Waals surface area (Å²) in [6, 6.07) is 0.255. The number of carbonyl (C=O) groups excluding carboxylic acids is 1. The number of nitrogen functional groups attached to an aromatic ring is 1. The van der Waals surface area contributed by atoms with Gasteiger partial charge in [-0.2, -0.15) is 0 Å². The van der Waals surface area contributed by atoms with E-state index in [4.69, 9.17) is 5.73 Å². The van der Waals surface area contributed by atoms with Gasteiger partial charge < -0.3 is 16.4 Å². The maximum Gasteiger partial charge on any atom is 0.263 e. The average Bonchev–Trinajstić information content (AvgIpc) is 2.97. The lowest BCUT2D eigenvalue weighted by atomic mass is 10.2. The molecule has 1 amide bonds. The van der Waals surface area contributed by atoms with Crippen LogP contribution in [0, 0.1) is 0 Å². The van der Waals surface area contributed by atoms with E-state index < -0.39 is 9.84 Å². The summed E-state index contributed by atoms with van der Waals surface area (Å²) in [6.07, 6.45) is 5.41. The van der Waals surface area contributed by atoms with E-state index in [9.17, 15) is 13.2 Å². The van der Waals surface area contributed by atoms with Crippen LogP contribution in [0.15, 0.2) is 4.90 Å². The number of thiophene rings is 1. The summed E-state index contributed by atoms with van der Waals surface area (Å²) in [5.41, 5.74) is 5.98. The molecule has 1 heterocycles. The molecule has 1 aromatic heterocycles. The van der Waals surface area contributed by atoms with Gasteiger partial charge in [0.2, 0.25) is 0 Å². The highest BCUT2D eigenvalue weighted by Crippen LogP contribution is 2.40. The number of rotatable bonds is 5. The Labute approximate surface area is 129 Å². The summed E-state index contributed by atoms with van der Waals surface area (Å²) in [4.78, 5) is 12.3. The first kappa shape index (κ1) is 16.1. The number of hydrogen-bond acceptors (Lipinski definition) is 6. The molecule has 21 heavy (non-hydrogen) atoms. The third kappa shape index (κ3) is 3.49. The van der Waals surface area contributed by atoms with Crippen LogP contribution in [-0.2, 0) is 9.84 Å². The summed E-state index contributed by atoms with van der Waals surface area (Å²) >= 11 is 1.12. The van der Waals surface area contributed by atoms with Crippen LogP contribution in [0.3, 0.4) is 0 Å². The Morgan fingerprint density at radius 1 is 1.38 bits per heavy atom. The van der Waals surface area contributed by atoms with E-state index in [-0.39, 0.29) is 27.4 Å². The van der Waals surface area contributed by atoms with Gasteiger partial charge in [0.15, 0.2) is 9.84 Å². The van der Waals surface area contributed by atoms with Gasteiger partial charge in [0, 0.05) is 18.8 Å². The minimum absolute atomic E-state index is 0.0500. The quantitative estimate of drug-likeness (QED) is 0.764. The molecule has 8 heteroatoms. The van der Waals surface area contributed by atoms with E-state index in [0.717, 1.165) is 43.3 Å². The summed E-state index contributed by atoms with van der Waals surface area (Å²) in [5.74, 6) is -0.329. The second kappa shape index (κ2) is 6.23. The highest BCUT2D eigenvalue weighted by molar-refractivity contribution is 7.91. The van der Waals surface area contributed by atoms with E-state index in [1.54, 1.807) is 6.92 Å². The van der Waals surface area contributed by atoms with Crippen LogP contribution < -0.4 is 16.4 Å². The van der Waals surface area contributed by atoms with Crippen molar-refractivity contribution >= 4 is 37.8 Å². The Kier molecular flexibility index (Phi) is 4.77. The second-order valence-corrected chi connectivity index (χ2v) is 8.23. The zero-order valence-corrected chi connectivity index (χ0v) is 13.9. The number of sulfone groups is 1. The fourth-order valence-electron chi connectivity index (χ4n) is 2.56. The molecule has 0 unspecified atom stereocenters. The summed E-state index contributed by atoms with van der Waals surface area (Å²) in [6.45, 7) is 2.27. The number of anilines is 2. The molecule has 1 fully saturated rings. The zero-order valence-electron chi connectivity index (χ0n) is 12.2. The van der Waals surface area contributed by atoms with Crippen molar-refractivity contribution in [2.24, 2.45) is 0 Å². The molecule has 1 aromatic rings. The van der Waals surface area contributed by atoms with E-state index >= 15 is 0 Å². The Balaban J connectivity index is 2.41. The number of amides is 1. The fourth-order valence-corrected chi connectivity index (χ4v) is 5.11. The van der Waals surface area contributed by atoms with Crippen LogP contribution in [-0.4, -0.2) is 33.2 Å². The van der Waals surface area contributed by atoms with E-state index in [1.807, 2.05) is 0 Å². The normalized spacial score (nSPS) is 16.1. The average molecular weight is 331 g/mol. The van der Waals surface area contributed by atoms with Gasteiger partial charge in [-0.25, -0.2) is 8.42 Å². The van der Waals surface area contributed by atoms with Crippen molar-refractivity contribution in [1.29, 1.82) is 0 Å². The van der Waals surface area contributed by atoms with Gasteiger partial charge in [0.1, 0.15) is 14.8 Å². The SMILES string of the molecule is CCNC(=O)c1sc(NC2CCCC2)c(S(C)(=O)=O)c1N. The van der Waals surface area contributed by atoms with Gasteiger partial charge in [-0.1, -0.05) is 12.8 Å². The molecule has 0 saturated heterocycles. The maximum atomic E-state index is 12.0. The molecule has 0 bridgehead atoms. The van der Waals surface area contributed by atoms with Crippen molar-refractivity contribution < 1.29 is 13.2 Å². The topological polar surface area (TPSA) is 101 Å². The number of hydrogen-bond donors (Lipinski definition) is 3. The van der Waals surface area contributed by atoms with Gasteiger partial charge in [0.05, 0.1) is 5.69 Å². The molecular weight excluding hydrogens is 310 g/mol. The summed E-state index contributed by atoms with van der Waals surface area (Å²) in [5, 5.41) is 6.40. The molecule has 0 aliphatic heterocycles. The lowest BCUT2D eigenvalue weighted by molar-refractivity contribution is 0.0960. The van der Waals surface area contributed by atoms with Gasteiger partial charge in [-0.05, 0) is 19.8 Å². The zero-order chi connectivity index (χ0) is 15.6. The van der Waals surface area contributed by atoms with Crippen LogP contribution >= 0.6 is 11.3 Å². The molecule has 118 valence electrons. The third-order valence-electron chi connectivity index (χ3n) is 3.50. The standard InChI is InChI=1S/C13H21N3O3S2/c1-3-15-12(17)10-9(14)11(21(2,18)19)13(20-10)16-8-6-4-5-7-8/h8,16H,3-7,14H2,1-2H3,(H,15,17). The molecule has 0 aromatic carbocycles. The number of nitrogens with one attached hydrogen (secondary N) is 2. The van der Waals surface area contributed by atoms with Crippen molar-refractivity contribution in [3.8, 4) is 0 Å². The van der Waals surface area contributed by atoms with Crippen molar-refractivity contribution in [2.45, 2.75) is 43.5 Å². The maximum absolute atomic E-state index is 12.0. The van der Waals surface area contributed by atoms with Crippen LogP contribution in [0.25, 0.3) is 0 Å². The van der Waals surface area contributed by atoms with Crippen molar-refractivity contribution in [3.05, 3.63) is 4.88 Å². The summed E-state index contributed by atoms with van der Waals surface area (Å²) in [7, 11) is -3.49. The minimum Gasteiger partial charge on any atom is -0.396 e. The third-order valence-corrected chi connectivity index (χ3v) is 5.93. The second-order valence-electron chi connectivity index (χ2n) is 5.26. The molecule has 1 aliphatic rings. The van der Waals surface area contributed by atoms with Gasteiger partial charge in [-0.3, -0.25) is 4.79 Å². The Morgan fingerprint density at radius 3 is 2.52 bits per heavy atom. The molecule has 2 rings (SSSR count). The van der Waals surface area contributed by atoms with Crippen LogP contribution in [0.5, 0.6) is 0 Å². The van der Waals surface area contributed by atoms with Crippen molar-refractivity contribution in [3.63, 3.8) is 0 Å². The Morgan fingerprint density at radius 2 is 2.00 bits per heavy atom. The predicted octanol–water partition coefficient (Wildman–Crippen LogP) is 1.84. The van der Waals surface area contributed by atoms with E-state index in [1.165, 1.54) is 0 Å². The summed E-state index contributed by atoms with van der Waals surface area (Å²) < 4.78 is 24.0. The van der Waals surface area contributed by atoms with E-state index in [2.05, 4.69) is 10.6 Å². The molecular formula is C13H21N3O3S2. The highest BCUT2D eigenvalue weighted by Gasteiger charge is 2.28. The van der Waals surface area contributed by atoms with Gasteiger partial charge >= 0.3 is 0 Å². The Hall–Kier alpha value is -1.28. The molecule has 0 radical (unpaired) electrons. The van der Waals surface area contributed by atoms with Crippen molar-refractivity contribution in [2.75, 3.05) is 23.9 Å². The lowest BCUT2D eigenvalue weighted by Gasteiger charge is -2.13. The molecule has 1 aliphatic carbocycles. The predicted molar refractivity (Wildman–Crippen MR) is 85.7 cm³/mol. The van der Waals surface area contributed by atoms with E-state index in [0.29, 0.717) is 11.5 Å². The first-order valence-corrected chi connectivity index (χ1v) is 9.72. The van der Waals surface area contributed by atoms with Gasteiger partial charge in [-0.15, -0.1) is 11.3 Å². The molecule has 0 atom stereocenters. The van der Waals surface area contributed by atoms with Gasteiger partial charge in [0.25, 0.3) is 5.91 Å². The fraction of sp³-hybridized carbons (Fsp3) is 0.615. The number of carbonyl (C=O) groups is 1. The lowest BCUT2D eigenvalue weighted by Crippen LogP contribution is -2.22. The highest BCUT2D eigenvalue weighted by atomic mass is 32.2. The molecule has 1 saturated carbocycles. The molecule has 4 N–H and O–H groups in total. The largest absolute Gasteiger partial charge is 0.396 e. The Bertz CT molecular complexity index is 631. The van der Waals surface area contributed by atoms with Crippen molar-refractivity contribution in [1.82, 2.24) is 5.32 Å². The van der Waals surface area contributed by atoms with Crippen LogP contribution in [0.2, 0.25) is 0 Å². The molecule has 6 nitrogen and oxygen atoms in total. The van der Waals surface area contributed by atoms with Crippen LogP contribution in [0.4, 0.5) is 10.7 Å².